The van der Waals surface area contributed by atoms with Crippen LogP contribution in [-0.4, -0.2) is 33.0 Å². The minimum atomic E-state index is -0.384. The number of benzene rings is 1. The van der Waals surface area contributed by atoms with E-state index in [9.17, 15) is 4.79 Å². The van der Waals surface area contributed by atoms with E-state index in [1.54, 1.807) is 24.9 Å². The maximum absolute atomic E-state index is 11.1. The molecule has 0 saturated carbocycles. The van der Waals surface area contributed by atoms with E-state index in [0.717, 1.165) is 11.4 Å². The predicted molar refractivity (Wildman–Crippen MR) is 72.4 cm³/mol. The van der Waals surface area contributed by atoms with Gasteiger partial charge in [0.15, 0.2) is 5.16 Å². The average Bonchev–Trinajstić information content (AvgIpc) is 2.86. The van der Waals surface area contributed by atoms with Gasteiger partial charge in [0.1, 0.15) is 12.1 Å². The SMILES string of the molecule is COc1cccc(-n2cnnc2S[C@@H](C)C(N)=O)c1. The van der Waals surface area contributed by atoms with Gasteiger partial charge in [-0.1, -0.05) is 17.8 Å². The summed E-state index contributed by atoms with van der Waals surface area (Å²) < 4.78 is 6.96. The van der Waals surface area contributed by atoms with Crippen molar-refractivity contribution in [3.63, 3.8) is 0 Å². The molecule has 0 unspecified atom stereocenters. The van der Waals surface area contributed by atoms with Gasteiger partial charge in [0, 0.05) is 6.07 Å². The molecule has 100 valence electrons. The highest BCUT2D eigenvalue weighted by molar-refractivity contribution is 8.00. The third-order valence-corrected chi connectivity index (χ3v) is 3.61. The number of carbonyl (C=O) groups is 1. The Morgan fingerprint density at radius 3 is 3.00 bits per heavy atom. The first-order valence-corrected chi connectivity index (χ1v) is 6.50. The van der Waals surface area contributed by atoms with E-state index < -0.39 is 0 Å². The molecule has 2 aromatic rings. The largest absolute Gasteiger partial charge is 0.497 e. The number of ether oxygens (including phenoxy) is 1. The van der Waals surface area contributed by atoms with Crippen LogP contribution < -0.4 is 10.5 Å². The van der Waals surface area contributed by atoms with Crippen molar-refractivity contribution in [1.82, 2.24) is 14.8 Å². The van der Waals surface area contributed by atoms with Crippen LogP contribution in [0, 0.1) is 0 Å². The normalized spacial score (nSPS) is 12.1. The lowest BCUT2D eigenvalue weighted by molar-refractivity contribution is -0.117. The number of nitrogens with zero attached hydrogens (tertiary/aromatic N) is 3. The summed E-state index contributed by atoms with van der Waals surface area (Å²) in [5, 5.41) is 8.11. The van der Waals surface area contributed by atoms with Crippen LogP contribution in [0.5, 0.6) is 5.75 Å². The van der Waals surface area contributed by atoms with Gasteiger partial charge in [-0.05, 0) is 19.1 Å². The fourth-order valence-corrected chi connectivity index (χ4v) is 2.25. The number of nitrogens with two attached hydrogens (primary N) is 1. The van der Waals surface area contributed by atoms with Crippen molar-refractivity contribution in [3.05, 3.63) is 30.6 Å². The molecule has 2 rings (SSSR count). The fourth-order valence-electron chi connectivity index (χ4n) is 1.46. The van der Waals surface area contributed by atoms with Crippen molar-refractivity contribution < 1.29 is 9.53 Å². The Balaban J connectivity index is 2.30. The van der Waals surface area contributed by atoms with Crippen LogP contribution in [0.1, 0.15) is 6.92 Å². The van der Waals surface area contributed by atoms with Crippen molar-refractivity contribution in [1.29, 1.82) is 0 Å². The molecule has 0 aliphatic heterocycles. The molecule has 0 bridgehead atoms. The van der Waals surface area contributed by atoms with E-state index in [2.05, 4.69) is 10.2 Å². The van der Waals surface area contributed by atoms with Gasteiger partial charge < -0.3 is 10.5 Å². The second kappa shape index (κ2) is 5.75. The summed E-state index contributed by atoms with van der Waals surface area (Å²) in [6, 6.07) is 7.50. The molecule has 0 aliphatic rings. The van der Waals surface area contributed by atoms with Crippen LogP contribution in [-0.2, 0) is 4.79 Å². The van der Waals surface area contributed by atoms with E-state index in [1.807, 2.05) is 24.3 Å². The van der Waals surface area contributed by atoms with Crippen LogP contribution in [0.4, 0.5) is 0 Å². The number of rotatable bonds is 5. The molecular weight excluding hydrogens is 264 g/mol. The summed E-state index contributed by atoms with van der Waals surface area (Å²) in [7, 11) is 1.61. The average molecular weight is 278 g/mol. The minimum Gasteiger partial charge on any atom is -0.497 e. The maximum atomic E-state index is 11.1. The van der Waals surface area contributed by atoms with Gasteiger partial charge in [0.05, 0.1) is 18.0 Å². The third-order valence-electron chi connectivity index (χ3n) is 2.53. The third kappa shape index (κ3) is 3.05. The zero-order valence-corrected chi connectivity index (χ0v) is 11.4. The van der Waals surface area contributed by atoms with Crippen molar-refractivity contribution in [2.75, 3.05) is 7.11 Å². The van der Waals surface area contributed by atoms with Crippen LogP contribution in [0.3, 0.4) is 0 Å². The highest BCUT2D eigenvalue weighted by Gasteiger charge is 2.15. The Kier molecular flexibility index (Phi) is 4.06. The Morgan fingerprint density at radius 1 is 1.53 bits per heavy atom. The molecule has 0 spiro atoms. The van der Waals surface area contributed by atoms with E-state index in [4.69, 9.17) is 10.5 Å². The lowest BCUT2D eigenvalue weighted by Crippen LogP contribution is -2.22. The number of carbonyl (C=O) groups excluding carboxylic acids is 1. The molecule has 19 heavy (non-hydrogen) atoms. The second-order valence-electron chi connectivity index (χ2n) is 3.85. The second-order valence-corrected chi connectivity index (χ2v) is 5.16. The topological polar surface area (TPSA) is 83.0 Å². The number of amides is 1. The molecule has 0 aliphatic carbocycles. The van der Waals surface area contributed by atoms with E-state index in [1.165, 1.54) is 11.8 Å². The summed E-state index contributed by atoms with van der Waals surface area (Å²) in [6.07, 6.45) is 1.59. The van der Waals surface area contributed by atoms with Crippen LogP contribution in [0.2, 0.25) is 0 Å². The summed E-state index contributed by atoms with van der Waals surface area (Å²) in [6.45, 7) is 1.73. The summed E-state index contributed by atoms with van der Waals surface area (Å²) in [4.78, 5) is 11.1. The summed E-state index contributed by atoms with van der Waals surface area (Å²) in [5.74, 6) is 0.357. The van der Waals surface area contributed by atoms with E-state index >= 15 is 0 Å². The zero-order valence-electron chi connectivity index (χ0n) is 10.6. The van der Waals surface area contributed by atoms with E-state index in [0.29, 0.717) is 5.16 Å². The number of hydrogen-bond acceptors (Lipinski definition) is 5. The molecule has 6 nitrogen and oxygen atoms in total. The summed E-state index contributed by atoms with van der Waals surface area (Å²) >= 11 is 1.27. The smallest absolute Gasteiger partial charge is 0.230 e. The first kappa shape index (κ1) is 13.4. The van der Waals surface area contributed by atoms with Crippen molar-refractivity contribution in [2.45, 2.75) is 17.3 Å². The first-order chi connectivity index (χ1) is 9.11. The first-order valence-electron chi connectivity index (χ1n) is 5.62. The van der Waals surface area contributed by atoms with Crippen molar-refractivity contribution >= 4 is 17.7 Å². The number of thioether (sulfide) groups is 1. The molecule has 0 radical (unpaired) electrons. The lowest BCUT2D eigenvalue weighted by Gasteiger charge is -2.09. The molecule has 2 N–H and O–H groups in total. The number of methoxy groups -OCH3 is 1. The highest BCUT2D eigenvalue weighted by atomic mass is 32.2. The number of primary amides is 1. The van der Waals surface area contributed by atoms with Crippen molar-refractivity contribution in [2.24, 2.45) is 5.73 Å². The standard InChI is InChI=1S/C12H14N4O2S/c1-8(11(13)17)19-12-15-14-7-16(12)9-4-3-5-10(6-9)18-2/h3-8H,1-2H3,(H2,13,17)/t8-/m0/s1. The fraction of sp³-hybridized carbons (Fsp3) is 0.250. The highest BCUT2D eigenvalue weighted by Crippen LogP contribution is 2.25. The molecule has 7 heteroatoms. The Bertz CT molecular complexity index is 585. The predicted octanol–water partition coefficient (Wildman–Crippen LogP) is 1.24. The number of hydrogen-bond donors (Lipinski definition) is 1. The van der Waals surface area contributed by atoms with Gasteiger partial charge >= 0.3 is 0 Å². The van der Waals surface area contributed by atoms with Gasteiger partial charge in [-0.25, -0.2) is 0 Å². The lowest BCUT2D eigenvalue weighted by atomic mass is 10.3. The summed E-state index contributed by atoms with van der Waals surface area (Å²) in [5.41, 5.74) is 6.11. The maximum Gasteiger partial charge on any atom is 0.230 e. The van der Waals surface area contributed by atoms with Crippen LogP contribution >= 0.6 is 11.8 Å². The van der Waals surface area contributed by atoms with Gasteiger partial charge in [-0.3, -0.25) is 9.36 Å². The van der Waals surface area contributed by atoms with Gasteiger partial charge in [-0.15, -0.1) is 10.2 Å². The van der Waals surface area contributed by atoms with E-state index in [-0.39, 0.29) is 11.2 Å². The van der Waals surface area contributed by atoms with Gasteiger partial charge in [0.2, 0.25) is 5.91 Å². The molecule has 1 aromatic carbocycles. The van der Waals surface area contributed by atoms with Crippen molar-refractivity contribution in [3.8, 4) is 11.4 Å². The van der Waals surface area contributed by atoms with Gasteiger partial charge in [0.25, 0.3) is 0 Å². The van der Waals surface area contributed by atoms with Crippen LogP contribution in [0.25, 0.3) is 5.69 Å². The molecule has 1 amide bonds. The Labute approximate surface area is 115 Å². The molecule has 1 atom stereocenters. The zero-order chi connectivity index (χ0) is 13.8. The Hall–Kier alpha value is -2.02. The molecule has 1 aromatic heterocycles. The molecule has 0 fully saturated rings. The monoisotopic (exact) mass is 278 g/mol. The van der Waals surface area contributed by atoms with Crippen LogP contribution in [0.15, 0.2) is 35.7 Å². The quantitative estimate of drug-likeness (QED) is 0.832. The van der Waals surface area contributed by atoms with Gasteiger partial charge in [-0.2, -0.15) is 0 Å². The molecule has 0 saturated heterocycles. The number of aromatic nitrogens is 3. The molecule has 1 heterocycles. The Morgan fingerprint density at radius 2 is 2.32 bits per heavy atom. The molecular formula is C12H14N4O2S. The minimum absolute atomic E-state index is 0.367.